The number of hydrogen-bond acceptors (Lipinski definition) is 4. The highest BCUT2D eigenvalue weighted by molar-refractivity contribution is 5.92. The molecular formula is C15H22N2O3. The van der Waals surface area contributed by atoms with Crippen LogP contribution in [0, 0.1) is 0 Å². The second-order valence-electron chi connectivity index (χ2n) is 6.25. The fourth-order valence-electron chi connectivity index (χ4n) is 1.63. The Labute approximate surface area is 119 Å². The summed E-state index contributed by atoms with van der Waals surface area (Å²) in [5, 5.41) is 0. The Morgan fingerprint density at radius 1 is 1.30 bits per heavy atom. The van der Waals surface area contributed by atoms with Crippen LogP contribution in [0.5, 0.6) is 11.5 Å². The maximum atomic E-state index is 12.0. The third-order valence-corrected chi connectivity index (χ3v) is 2.69. The molecular weight excluding hydrogens is 256 g/mol. The van der Waals surface area contributed by atoms with E-state index in [1.807, 2.05) is 20.8 Å². The lowest BCUT2D eigenvalue weighted by atomic mass is 10.2. The van der Waals surface area contributed by atoms with Gasteiger partial charge in [-0.15, -0.1) is 0 Å². The normalized spacial score (nSPS) is 14.8. The number of amides is 1. The van der Waals surface area contributed by atoms with Gasteiger partial charge in [0, 0.05) is 20.2 Å². The molecule has 1 aromatic heterocycles. The molecule has 110 valence electrons. The van der Waals surface area contributed by atoms with E-state index in [0.29, 0.717) is 17.2 Å². The highest BCUT2D eigenvalue weighted by atomic mass is 16.5. The van der Waals surface area contributed by atoms with Crippen molar-refractivity contribution in [2.24, 2.45) is 0 Å². The van der Waals surface area contributed by atoms with Crippen LogP contribution in [0.15, 0.2) is 12.3 Å². The van der Waals surface area contributed by atoms with Gasteiger partial charge in [-0.2, -0.15) is 0 Å². The third kappa shape index (κ3) is 3.85. The first-order valence-corrected chi connectivity index (χ1v) is 6.83. The Bertz CT molecular complexity index is 502. The van der Waals surface area contributed by atoms with E-state index in [9.17, 15) is 4.79 Å². The van der Waals surface area contributed by atoms with Crippen LogP contribution < -0.4 is 9.47 Å². The van der Waals surface area contributed by atoms with Gasteiger partial charge in [0.2, 0.25) is 0 Å². The molecule has 1 aromatic rings. The maximum Gasteiger partial charge on any atom is 0.272 e. The van der Waals surface area contributed by atoms with Gasteiger partial charge in [-0.05, 0) is 33.6 Å². The Hall–Kier alpha value is -1.78. The lowest BCUT2D eigenvalue weighted by Gasteiger charge is -2.23. The molecule has 1 saturated carbocycles. The summed E-state index contributed by atoms with van der Waals surface area (Å²) in [5.41, 5.74) is -0.000973. The van der Waals surface area contributed by atoms with Crippen LogP contribution in [-0.4, -0.2) is 41.6 Å². The topological polar surface area (TPSA) is 51.7 Å². The molecule has 0 bridgehead atoms. The Kier molecular flexibility index (Phi) is 3.88. The Balaban J connectivity index is 2.30. The minimum Gasteiger partial charge on any atom is -0.485 e. The monoisotopic (exact) mass is 278 g/mol. The minimum atomic E-state index is -0.360. The number of aromatic nitrogens is 1. The van der Waals surface area contributed by atoms with Crippen molar-refractivity contribution in [2.45, 2.75) is 45.3 Å². The van der Waals surface area contributed by atoms with Crippen LogP contribution in [0.25, 0.3) is 0 Å². The van der Waals surface area contributed by atoms with Gasteiger partial charge >= 0.3 is 0 Å². The van der Waals surface area contributed by atoms with Gasteiger partial charge in [0.25, 0.3) is 5.91 Å². The van der Waals surface area contributed by atoms with Crippen molar-refractivity contribution < 1.29 is 14.3 Å². The number of nitrogens with zero attached hydrogens (tertiary/aromatic N) is 2. The quantitative estimate of drug-likeness (QED) is 0.849. The molecule has 5 nitrogen and oxygen atoms in total. The first-order valence-electron chi connectivity index (χ1n) is 6.83. The largest absolute Gasteiger partial charge is 0.485 e. The maximum absolute atomic E-state index is 12.0. The molecule has 0 radical (unpaired) electrons. The van der Waals surface area contributed by atoms with E-state index in [4.69, 9.17) is 9.47 Å². The number of hydrogen-bond donors (Lipinski definition) is 0. The summed E-state index contributed by atoms with van der Waals surface area (Å²) in [6.45, 7) is 5.88. The summed E-state index contributed by atoms with van der Waals surface area (Å²) >= 11 is 0. The summed E-state index contributed by atoms with van der Waals surface area (Å²) in [6, 6.07) is 1.66. The lowest BCUT2D eigenvalue weighted by molar-refractivity contribution is 0.0818. The average molecular weight is 278 g/mol. The molecule has 0 N–H and O–H groups in total. The molecule has 1 aliphatic rings. The Morgan fingerprint density at radius 3 is 2.45 bits per heavy atom. The SMILES string of the molecule is CN(C)C(=O)c1cc(OC(C)(C)C)c(OC2CC2)cn1. The van der Waals surface area contributed by atoms with Crippen LogP contribution in [0.4, 0.5) is 0 Å². The molecule has 1 amide bonds. The van der Waals surface area contributed by atoms with Gasteiger partial charge in [0.15, 0.2) is 11.5 Å². The molecule has 0 atom stereocenters. The summed E-state index contributed by atoms with van der Waals surface area (Å²) < 4.78 is 11.7. The second-order valence-corrected chi connectivity index (χ2v) is 6.25. The highest BCUT2D eigenvalue weighted by Crippen LogP contribution is 2.35. The summed E-state index contributed by atoms with van der Waals surface area (Å²) in [6.07, 6.45) is 3.96. The predicted molar refractivity (Wildman–Crippen MR) is 76.3 cm³/mol. The van der Waals surface area contributed by atoms with Crippen LogP contribution in [0.2, 0.25) is 0 Å². The van der Waals surface area contributed by atoms with E-state index in [-0.39, 0.29) is 17.6 Å². The van der Waals surface area contributed by atoms with Gasteiger partial charge in [0.1, 0.15) is 11.3 Å². The standard InChI is InChI=1S/C15H22N2O3/c1-15(2,3)20-12-8-11(14(18)17(4)5)16-9-13(12)19-10-6-7-10/h8-10H,6-7H2,1-5H3. The fourth-order valence-corrected chi connectivity index (χ4v) is 1.63. The fraction of sp³-hybridized carbons (Fsp3) is 0.600. The van der Waals surface area contributed by atoms with Crippen molar-refractivity contribution in [1.82, 2.24) is 9.88 Å². The molecule has 20 heavy (non-hydrogen) atoms. The van der Waals surface area contributed by atoms with E-state index in [0.717, 1.165) is 12.8 Å². The zero-order valence-corrected chi connectivity index (χ0v) is 12.8. The lowest BCUT2D eigenvalue weighted by Crippen LogP contribution is -2.25. The first kappa shape index (κ1) is 14.6. The zero-order valence-electron chi connectivity index (χ0n) is 12.8. The third-order valence-electron chi connectivity index (χ3n) is 2.69. The van der Waals surface area contributed by atoms with E-state index in [1.54, 1.807) is 26.4 Å². The molecule has 1 aliphatic carbocycles. The molecule has 0 unspecified atom stereocenters. The van der Waals surface area contributed by atoms with Crippen molar-refractivity contribution in [3.05, 3.63) is 18.0 Å². The van der Waals surface area contributed by atoms with Crippen molar-refractivity contribution in [1.29, 1.82) is 0 Å². The molecule has 0 aromatic carbocycles. The molecule has 1 heterocycles. The van der Waals surface area contributed by atoms with E-state index in [2.05, 4.69) is 4.98 Å². The smallest absolute Gasteiger partial charge is 0.272 e. The van der Waals surface area contributed by atoms with Gasteiger partial charge in [-0.3, -0.25) is 4.79 Å². The number of pyridine rings is 1. The van der Waals surface area contributed by atoms with Crippen molar-refractivity contribution >= 4 is 5.91 Å². The average Bonchev–Trinajstić information content (AvgIpc) is 3.12. The van der Waals surface area contributed by atoms with E-state index in [1.165, 1.54) is 4.90 Å². The van der Waals surface area contributed by atoms with Gasteiger partial charge in [-0.1, -0.05) is 0 Å². The van der Waals surface area contributed by atoms with E-state index >= 15 is 0 Å². The summed E-state index contributed by atoms with van der Waals surface area (Å²) in [7, 11) is 3.39. The van der Waals surface area contributed by atoms with Crippen molar-refractivity contribution in [2.75, 3.05) is 14.1 Å². The first-order chi connectivity index (χ1) is 9.26. The predicted octanol–water partition coefficient (Wildman–Crippen LogP) is 2.50. The van der Waals surface area contributed by atoms with Crippen LogP contribution in [0.3, 0.4) is 0 Å². The second kappa shape index (κ2) is 5.31. The Morgan fingerprint density at radius 2 is 1.95 bits per heavy atom. The molecule has 1 fully saturated rings. The van der Waals surface area contributed by atoms with E-state index < -0.39 is 0 Å². The number of rotatable bonds is 4. The van der Waals surface area contributed by atoms with Crippen molar-refractivity contribution in [3.8, 4) is 11.5 Å². The molecule has 0 saturated heterocycles. The summed E-state index contributed by atoms with van der Waals surface area (Å²) in [4.78, 5) is 17.6. The zero-order chi connectivity index (χ0) is 14.9. The van der Waals surface area contributed by atoms with Crippen LogP contribution in [0.1, 0.15) is 44.1 Å². The summed E-state index contributed by atoms with van der Waals surface area (Å²) in [5.74, 6) is 1.03. The molecule has 2 rings (SSSR count). The molecule has 5 heteroatoms. The molecule has 0 aliphatic heterocycles. The highest BCUT2D eigenvalue weighted by Gasteiger charge is 2.27. The number of carbonyl (C=O) groups is 1. The van der Waals surface area contributed by atoms with Gasteiger partial charge in [-0.25, -0.2) is 4.98 Å². The number of carbonyl (C=O) groups excluding carboxylic acids is 1. The van der Waals surface area contributed by atoms with Crippen LogP contribution in [-0.2, 0) is 0 Å². The molecule has 0 spiro atoms. The number of ether oxygens (including phenoxy) is 2. The van der Waals surface area contributed by atoms with Gasteiger partial charge in [0.05, 0.1) is 12.3 Å². The van der Waals surface area contributed by atoms with Gasteiger partial charge < -0.3 is 14.4 Å². The van der Waals surface area contributed by atoms with Crippen molar-refractivity contribution in [3.63, 3.8) is 0 Å². The minimum absolute atomic E-state index is 0.151. The van der Waals surface area contributed by atoms with Crippen LogP contribution >= 0.6 is 0 Å².